The van der Waals surface area contributed by atoms with Crippen LogP contribution in [0.2, 0.25) is 10.0 Å². The summed E-state index contributed by atoms with van der Waals surface area (Å²) in [4.78, 5) is 4.51. The number of fused-ring (bicyclic) bond motifs is 1. The standard InChI is InChI=1S/C14H18Cl2N2O/c1-4-5-6-18-12-8-10(16)9(15)7-11(12)17-13(18)14(2,3)19/h7-8,19H,4-6H2,1-3H3. The quantitative estimate of drug-likeness (QED) is 0.910. The first-order valence-electron chi connectivity index (χ1n) is 6.42. The van der Waals surface area contributed by atoms with Gasteiger partial charge in [0.1, 0.15) is 11.4 Å². The van der Waals surface area contributed by atoms with E-state index < -0.39 is 5.60 Å². The third kappa shape index (κ3) is 2.88. The van der Waals surface area contributed by atoms with E-state index >= 15 is 0 Å². The fourth-order valence-corrected chi connectivity index (χ4v) is 2.45. The van der Waals surface area contributed by atoms with Crippen LogP contribution in [-0.4, -0.2) is 14.7 Å². The van der Waals surface area contributed by atoms with Crippen molar-refractivity contribution in [2.24, 2.45) is 0 Å². The molecule has 0 amide bonds. The molecule has 1 heterocycles. The smallest absolute Gasteiger partial charge is 0.141 e. The maximum atomic E-state index is 10.3. The Kier molecular flexibility index (Phi) is 4.09. The first kappa shape index (κ1) is 14.6. The largest absolute Gasteiger partial charge is 0.383 e. The number of halogens is 2. The van der Waals surface area contributed by atoms with Crippen molar-refractivity contribution in [2.45, 2.75) is 45.8 Å². The van der Waals surface area contributed by atoms with Crippen LogP contribution in [0.15, 0.2) is 12.1 Å². The average molecular weight is 301 g/mol. The summed E-state index contributed by atoms with van der Waals surface area (Å²) < 4.78 is 2.03. The Bertz CT molecular complexity index is 599. The monoisotopic (exact) mass is 300 g/mol. The van der Waals surface area contributed by atoms with Gasteiger partial charge in [0.15, 0.2) is 0 Å². The van der Waals surface area contributed by atoms with Gasteiger partial charge in [0.2, 0.25) is 0 Å². The summed E-state index contributed by atoms with van der Waals surface area (Å²) in [5.41, 5.74) is 0.689. The molecule has 0 saturated carbocycles. The molecule has 2 rings (SSSR count). The van der Waals surface area contributed by atoms with Crippen LogP contribution in [-0.2, 0) is 12.1 Å². The molecule has 0 saturated heterocycles. The maximum Gasteiger partial charge on any atom is 0.141 e. The Labute approximate surface area is 123 Å². The average Bonchev–Trinajstić information content (AvgIpc) is 2.65. The van der Waals surface area contributed by atoms with Gasteiger partial charge in [0.25, 0.3) is 0 Å². The predicted octanol–water partition coefficient (Wildman–Crippen LogP) is 4.37. The van der Waals surface area contributed by atoms with Crippen molar-refractivity contribution < 1.29 is 5.11 Å². The third-order valence-corrected chi connectivity index (χ3v) is 3.79. The summed E-state index contributed by atoms with van der Waals surface area (Å²) in [5, 5.41) is 11.3. The molecule has 0 atom stereocenters. The second-order valence-electron chi connectivity index (χ2n) is 5.25. The molecule has 1 aromatic carbocycles. The van der Waals surface area contributed by atoms with Gasteiger partial charge in [0, 0.05) is 6.54 Å². The molecule has 2 aromatic rings. The van der Waals surface area contributed by atoms with Gasteiger partial charge in [-0.1, -0.05) is 36.5 Å². The molecule has 19 heavy (non-hydrogen) atoms. The molecular formula is C14H18Cl2N2O. The number of benzene rings is 1. The predicted molar refractivity (Wildman–Crippen MR) is 79.9 cm³/mol. The van der Waals surface area contributed by atoms with E-state index in [1.165, 1.54) is 0 Å². The van der Waals surface area contributed by atoms with Crippen molar-refractivity contribution >= 4 is 34.2 Å². The van der Waals surface area contributed by atoms with Crippen molar-refractivity contribution in [3.8, 4) is 0 Å². The van der Waals surface area contributed by atoms with Crippen molar-refractivity contribution in [1.29, 1.82) is 0 Å². The van der Waals surface area contributed by atoms with E-state index in [0.717, 1.165) is 30.4 Å². The minimum Gasteiger partial charge on any atom is -0.383 e. The van der Waals surface area contributed by atoms with Crippen LogP contribution in [0, 0.1) is 0 Å². The molecule has 3 nitrogen and oxygen atoms in total. The number of aryl methyl sites for hydroxylation is 1. The van der Waals surface area contributed by atoms with Crippen LogP contribution < -0.4 is 0 Å². The van der Waals surface area contributed by atoms with E-state index in [4.69, 9.17) is 23.2 Å². The van der Waals surface area contributed by atoms with Crippen molar-refractivity contribution in [2.75, 3.05) is 0 Å². The molecule has 0 bridgehead atoms. The van der Waals surface area contributed by atoms with Gasteiger partial charge in [-0.3, -0.25) is 0 Å². The molecule has 5 heteroatoms. The minimum atomic E-state index is -0.994. The lowest BCUT2D eigenvalue weighted by Gasteiger charge is -2.19. The molecule has 0 unspecified atom stereocenters. The second-order valence-corrected chi connectivity index (χ2v) is 6.07. The molecule has 104 valence electrons. The summed E-state index contributed by atoms with van der Waals surface area (Å²) in [6.07, 6.45) is 2.10. The molecule has 0 aliphatic rings. The summed E-state index contributed by atoms with van der Waals surface area (Å²) in [5.74, 6) is 0.647. The van der Waals surface area contributed by atoms with E-state index in [1.807, 2.05) is 10.6 Å². The van der Waals surface area contributed by atoms with Gasteiger partial charge in [-0.25, -0.2) is 4.98 Å². The number of hydrogen-bond acceptors (Lipinski definition) is 2. The first-order chi connectivity index (χ1) is 8.84. The van der Waals surface area contributed by atoms with Crippen LogP contribution >= 0.6 is 23.2 Å². The third-order valence-electron chi connectivity index (χ3n) is 3.07. The topological polar surface area (TPSA) is 38.0 Å². The fraction of sp³-hybridized carbons (Fsp3) is 0.500. The van der Waals surface area contributed by atoms with Crippen LogP contribution in [0.25, 0.3) is 11.0 Å². The van der Waals surface area contributed by atoms with Gasteiger partial charge in [-0.15, -0.1) is 0 Å². The van der Waals surface area contributed by atoms with Crippen LogP contribution in [0.4, 0.5) is 0 Å². The molecule has 0 aliphatic carbocycles. The Hall–Kier alpha value is -0.770. The SMILES string of the molecule is CCCCn1c(C(C)(C)O)nc2cc(Cl)c(Cl)cc21. The highest BCUT2D eigenvalue weighted by Crippen LogP contribution is 2.31. The first-order valence-corrected chi connectivity index (χ1v) is 7.18. The second kappa shape index (κ2) is 5.31. The van der Waals surface area contributed by atoms with Gasteiger partial charge in [-0.2, -0.15) is 0 Å². The number of hydrogen-bond donors (Lipinski definition) is 1. The highest BCUT2D eigenvalue weighted by molar-refractivity contribution is 6.42. The Morgan fingerprint density at radius 1 is 1.26 bits per heavy atom. The normalized spacial score (nSPS) is 12.3. The van der Waals surface area contributed by atoms with Gasteiger partial charge in [-0.05, 0) is 32.4 Å². The molecule has 0 radical (unpaired) electrons. The summed E-state index contributed by atoms with van der Waals surface area (Å²) in [6, 6.07) is 3.56. The number of aromatic nitrogens is 2. The van der Waals surface area contributed by atoms with Crippen molar-refractivity contribution in [3.63, 3.8) is 0 Å². The van der Waals surface area contributed by atoms with Crippen LogP contribution in [0.5, 0.6) is 0 Å². The zero-order chi connectivity index (χ0) is 14.2. The van der Waals surface area contributed by atoms with Gasteiger partial charge >= 0.3 is 0 Å². The lowest BCUT2D eigenvalue weighted by molar-refractivity contribution is 0.0651. The van der Waals surface area contributed by atoms with Crippen molar-refractivity contribution in [1.82, 2.24) is 9.55 Å². The highest BCUT2D eigenvalue weighted by atomic mass is 35.5. The molecular weight excluding hydrogens is 283 g/mol. The summed E-state index contributed by atoms with van der Waals surface area (Å²) >= 11 is 12.1. The molecule has 0 spiro atoms. The zero-order valence-electron chi connectivity index (χ0n) is 11.4. The zero-order valence-corrected chi connectivity index (χ0v) is 12.9. The van der Waals surface area contributed by atoms with E-state index in [9.17, 15) is 5.11 Å². The lowest BCUT2D eigenvalue weighted by Crippen LogP contribution is -2.22. The minimum absolute atomic E-state index is 0.483. The Balaban J connectivity index is 2.67. The number of unbranched alkanes of at least 4 members (excludes halogenated alkanes) is 1. The molecule has 0 fully saturated rings. The Morgan fingerprint density at radius 2 is 1.89 bits per heavy atom. The van der Waals surface area contributed by atoms with Crippen LogP contribution in [0.1, 0.15) is 39.4 Å². The van der Waals surface area contributed by atoms with E-state index in [0.29, 0.717) is 15.9 Å². The van der Waals surface area contributed by atoms with E-state index in [1.54, 1.807) is 19.9 Å². The number of nitrogens with zero attached hydrogens (tertiary/aromatic N) is 2. The number of aliphatic hydroxyl groups is 1. The maximum absolute atomic E-state index is 10.3. The van der Waals surface area contributed by atoms with Crippen LogP contribution in [0.3, 0.4) is 0 Å². The van der Waals surface area contributed by atoms with E-state index in [2.05, 4.69) is 11.9 Å². The Morgan fingerprint density at radius 3 is 2.47 bits per heavy atom. The molecule has 1 aromatic heterocycles. The molecule has 0 aliphatic heterocycles. The summed E-state index contributed by atoms with van der Waals surface area (Å²) in [7, 11) is 0. The van der Waals surface area contributed by atoms with Gasteiger partial charge < -0.3 is 9.67 Å². The van der Waals surface area contributed by atoms with Crippen molar-refractivity contribution in [3.05, 3.63) is 28.0 Å². The number of imidazole rings is 1. The molecule has 1 N–H and O–H groups in total. The highest BCUT2D eigenvalue weighted by Gasteiger charge is 2.25. The van der Waals surface area contributed by atoms with Gasteiger partial charge in [0.05, 0.1) is 21.1 Å². The van der Waals surface area contributed by atoms with E-state index in [-0.39, 0.29) is 0 Å². The lowest BCUT2D eigenvalue weighted by atomic mass is 10.1. The number of rotatable bonds is 4. The summed E-state index contributed by atoms with van der Waals surface area (Å²) in [6.45, 7) is 6.41. The fourth-order valence-electron chi connectivity index (χ4n) is 2.13.